The van der Waals surface area contributed by atoms with Crippen LogP contribution in [0.4, 0.5) is 0 Å². The Hall–Kier alpha value is -1.60. The molecule has 0 bridgehead atoms. The van der Waals surface area contributed by atoms with Crippen molar-refractivity contribution in [2.45, 2.75) is 20.3 Å². The van der Waals surface area contributed by atoms with Crippen molar-refractivity contribution in [3.05, 3.63) is 24.3 Å². The molecule has 0 aromatic heterocycles. The van der Waals surface area contributed by atoms with Crippen molar-refractivity contribution in [1.82, 2.24) is 0 Å². The van der Waals surface area contributed by atoms with E-state index in [1.165, 1.54) is 13.8 Å². The molecule has 144 valence electrons. The van der Waals surface area contributed by atoms with Gasteiger partial charge in [0.2, 0.25) is 0 Å². The summed E-state index contributed by atoms with van der Waals surface area (Å²) in [5.74, 6) is -3.97. The van der Waals surface area contributed by atoms with Crippen LogP contribution in [0.3, 0.4) is 0 Å². The molecule has 0 aromatic carbocycles. The van der Waals surface area contributed by atoms with Crippen LogP contribution in [0, 0.1) is 5.92 Å². The van der Waals surface area contributed by atoms with Crippen molar-refractivity contribution in [1.29, 1.82) is 0 Å². The Morgan fingerprint density at radius 3 is 1.77 bits per heavy atom. The van der Waals surface area contributed by atoms with Crippen LogP contribution in [-0.4, -0.2) is 56.5 Å². The summed E-state index contributed by atoms with van der Waals surface area (Å²) in [6, 6.07) is 0. The minimum atomic E-state index is -4.15. The Morgan fingerprint density at radius 1 is 1.00 bits per heavy atom. The van der Waals surface area contributed by atoms with Crippen LogP contribution in [0.2, 0.25) is 0 Å². The van der Waals surface area contributed by atoms with Crippen LogP contribution in [0.25, 0.3) is 0 Å². The average molecular weight is 386 g/mol. The second-order valence-corrected chi connectivity index (χ2v) is 6.83. The smallest absolute Gasteiger partial charge is 1.00 e. The molecule has 0 amide bonds. The largest absolute Gasteiger partial charge is 1.00 e. The average Bonchev–Trinajstić information content (AvgIpc) is 2.49. The first kappa shape index (κ1) is 26.6. The fourth-order valence-corrected chi connectivity index (χ4v) is 1.80. The molecular formula is C15H23LiO9S. The van der Waals surface area contributed by atoms with Crippen LogP contribution in [-0.2, 0) is 38.7 Å². The molecule has 26 heavy (non-hydrogen) atoms. The Labute approximate surface area is 166 Å². The van der Waals surface area contributed by atoms with Crippen LogP contribution in [0.15, 0.2) is 24.3 Å². The van der Waals surface area contributed by atoms with Gasteiger partial charge in [0.15, 0.2) is 0 Å². The molecule has 0 heterocycles. The molecule has 1 N–H and O–H groups in total. The summed E-state index contributed by atoms with van der Waals surface area (Å²) < 4.78 is 44.3. The van der Waals surface area contributed by atoms with Crippen molar-refractivity contribution < 1.29 is 61.9 Å². The van der Waals surface area contributed by atoms with E-state index >= 15 is 0 Å². The molecule has 0 aliphatic carbocycles. The maximum atomic E-state index is 12.0. The number of carbonyl (C=O) groups excluding carboxylic acids is 3. The summed E-state index contributed by atoms with van der Waals surface area (Å²) in [6.07, 6.45) is -0.117. The molecule has 9 nitrogen and oxygen atoms in total. The number of hydrogen-bond acceptors (Lipinski definition) is 8. The van der Waals surface area contributed by atoms with Crippen molar-refractivity contribution >= 4 is 28.0 Å². The summed E-state index contributed by atoms with van der Waals surface area (Å²) in [5, 5.41) is 0. The van der Waals surface area contributed by atoms with Gasteiger partial charge in [-0.05, 0) is 20.3 Å². The van der Waals surface area contributed by atoms with E-state index in [9.17, 15) is 22.8 Å². The van der Waals surface area contributed by atoms with Crippen molar-refractivity contribution in [2.75, 3.05) is 25.6 Å². The van der Waals surface area contributed by atoms with Gasteiger partial charge in [0.25, 0.3) is 10.1 Å². The van der Waals surface area contributed by atoms with Crippen molar-refractivity contribution in [3.63, 3.8) is 0 Å². The predicted molar refractivity (Wildman–Crippen MR) is 88.1 cm³/mol. The molecule has 0 radical (unpaired) electrons. The molecule has 0 aliphatic heterocycles. The number of hydrogen-bond donors (Lipinski definition) is 1. The Morgan fingerprint density at radius 2 is 1.42 bits per heavy atom. The van der Waals surface area contributed by atoms with Crippen LogP contribution in [0.1, 0.15) is 21.7 Å². The van der Waals surface area contributed by atoms with E-state index in [1.807, 2.05) is 0 Å². The first-order valence-electron chi connectivity index (χ1n) is 7.21. The van der Waals surface area contributed by atoms with E-state index in [4.69, 9.17) is 18.8 Å². The summed E-state index contributed by atoms with van der Waals surface area (Å²) in [4.78, 5) is 34.8. The van der Waals surface area contributed by atoms with Crippen LogP contribution < -0.4 is 18.9 Å². The van der Waals surface area contributed by atoms with E-state index in [0.29, 0.717) is 0 Å². The molecule has 0 aliphatic rings. The molecular weight excluding hydrogens is 363 g/mol. The fourth-order valence-electron chi connectivity index (χ4n) is 1.32. The Kier molecular flexibility index (Phi) is 13.0. The summed E-state index contributed by atoms with van der Waals surface area (Å²) in [5.41, 5.74) is 0.249. The molecule has 0 aromatic rings. The molecule has 0 spiro atoms. The predicted octanol–water partition coefficient (Wildman–Crippen LogP) is -2.22. The third-order valence-corrected chi connectivity index (χ3v) is 3.46. The molecule has 0 unspecified atom stereocenters. The molecule has 0 fully saturated rings. The maximum absolute atomic E-state index is 12.0. The van der Waals surface area contributed by atoms with Gasteiger partial charge >= 0.3 is 36.8 Å². The zero-order valence-corrected chi connectivity index (χ0v) is 16.0. The van der Waals surface area contributed by atoms with Gasteiger partial charge in [0.05, 0.1) is 12.4 Å². The van der Waals surface area contributed by atoms with E-state index < -0.39 is 52.9 Å². The summed E-state index contributed by atoms with van der Waals surface area (Å²) in [7, 11) is -4.15. The van der Waals surface area contributed by atoms with Gasteiger partial charge in [-0.25, -0.2) is 9.59 Å². The topological polar surface area (TPSA) is 133 Å². The molecule has 0 atom stereocenters. The Bertz CT molecular complexity index is 616. The van der Waals surface area contributed by atoms with Gasteiger partial charge in [-0.2, -0.15) is 8.42 Å². The zero-order chi connectivity index (χ0) is 19.6. The second kappa shape index (κ2) is 12.7. The quantitative estimate of drug-likeness (QED) is 0.105. The van der Waals surface area contributed by atoms with Gasteiger partial charge < -0.3 is 15.6 Å². The summed E-state index contributed by atoms with van der Waals surface area (Å²) in [6.45, 7) is 8.53. The SMILES string of the molecule is C=C(C)C(=O)OCC(COC(=O)C(=C)C)C(=O)OCCCS(=O)(=O)O.[H-].[Li+]. The third-order valence-electron chi connectivity index (χ3n) is 2.65. The van der Waals surface area contributed by atoms with Gasteiger partial charge in [-0.1, -0.05) is 13.2 Å². The van der Waals surface area contributed by atoms with Gasteiger partial charge in [-0.3, -0.25) is 9.35 Å². The van der Waals surface area contributed by atoms with Crippen LogP contribution in [0.5, 0.6) is 0 Å². The zero-order valence-electron chi connectivity index (χ0n) is 16.1. The van der Waals surface area contributed by atoms with Gasteiger partial charge in [-0.15, -0.1) is 0 Å². The first-order valence-corrected chi connectivity index (χ1v) is 8.82. The monoisotopic (exact) mass is 386 g/mol. The van der Waals surface area contributed by atoms with Crippen LogP contribution >= 0.6 is 0 Å². The van der Waals surface area contributed by atoms with Crippen molar-refractivity contribution in [3.8, 4) is 0 Å². The van der Waals surface area contributed by atoms with Gasteiger partial charge in [0.1, 0.15) is 19.1 Å². The maximum Gasteiger partial charge on any atom is 1.00 e. The van der Waals surface area contributed by atoms with E-state index in [-0.39, 0.29) is 44.5 Å². The number of rotatable bonds is 11. The number of carbonyl (C=O) groups is 3. The van der Waals surface area contributed by atoms with Gasteiger partial charge in [0, 0.05) is 11.1 Å². The molecule has 11 heteroatoms. The molecule has 0 rings (SSSR count). The number of esters is 3. The van der Waals surface area contributed by atoms with E-state index in [1.54, 1.807) is 0 Å². The van der Waals surface area contributed by atoms with E-state index in [2.05, 4.69) is 13.2 Å². The minimum absolute atomic E-state index is 0. The van der Waals surface area contributed by atoms with Crippen molar-refractivity contribution in [2.24, 2.45) is 5.92 Å². The normalized spacial score (nSPS) is 10.5. The fraction of sp³-hybridized carbons (Fsp3) is 0.533. The summed E-state index contributed by atoms with van der Waals surface area (Å²) >= 11 is 0. The first-order chi connectivity index (χ1) is 11.4. The molecule has 0 saturated carbocycles. The third kappa shape index (κ3) is 12.7. The van der Waals surface area contributed by atoms with E-state index in [0.717, 1.165) is 0 Å². The second-order valence-electron chi connectivity index (χ2n) is 5.26. The standard InChI is InChI=1S/C15H22O9S.Li.H/c1-10(2)13(16)23-8-12(9-24-14(17)11(3)4)15(18)22-6-5-7-25(19,20)21;;/h12H,1,3,5-9H2,2,4H3,(H,19,20,21);;/q;+1;-1. The molecule has 0 saturated heterocycles. The number of ether oxygens (including phenoxy) is 3. The minimum Gasteiger partial charge on any atom is -1.00 e. The Balaban J connectivity index is -0.00000288.